The van der Waals surface area contributed by atoms with Gasteiger partial charge >= 0.3 is 12.3 Å². The number of hydrogen-bond donors (Lipinski definition) is 1. The first-order valence-electron chi connectivity index (χ1n) is 9.33. The summed E-state index contributed by atoms with van der Waals surface area (Å²) in [6.07, 6.45) is -2.50. The second-order valence-electron chi connectivity index (χ2n) is 6.73. The zero-order valence-electron chi connectivity index (χ0n) is 16.2. The fraction of sp³-hybridized carbons (Fsp3) is 0.136. The van der Waals surface area contributed by atoms with E-state index in [0.717, 1.165) is 5.56 Å². The first kappa shape index (κ1) is 20.4. The van der Waals surface area contributed by atoms with Crippen molar-refractivity contribution in [1.82, 2.24) is 14.6 Å². The van der Waals surface area contributed by atoms with Crippen molar-refractivity contribution in [1.29, 1.82) is 0 Å². The molecule has 1 N–H and O–H groups in total. The van der Waals surface area contributed by atoms with Gasteiger partial charge in [0.25, 0.3) is 0 Å². The first-order valence-corrected chi connectivity index (χ1v) is 9.33. The Morgan fingerprint density at radius 3 is 2.39 bits per heavy atom. The van der Waals surface area contributed by atoms with E-state index in [2.05, 4.69) is 14.9 Å². The fourth-order valence-corrected chi connectivity index (χ4v) is 3.47. The predicted molar refractivity (Wildman–Crippen MR) is 107 cm³/mol. The minimum Gasteiger partial charge on any atom is -0.478 e. The molecule has 0 amide bonds. The fourth-order valence-electron chi connectivity index (χ4n) is 3.47. The molecule has 4 aromatic rings. The van der Waals surface area contributed by atoms with Gasteiger partial charge in [0.1, 0.15) is 5.75 Å². The van der Waals surface area contributed by atoms with Crippen molar-refractivity contribution in [2.45, 2.75) is 19.7 Å². The Bertz CT molecular complexity index is 1260. The molecule has 0 radical (unpaired) electrons. The molecular weight excluding hydrogens is 411 g/mol. The summed E-state index contributed by atoms with van der Waals surface area (Å²) in [5.74, 6) is -0.844. The summed E-state index contributed by atoms with van der Waals surface area (Å²) in [4.78, 5) is 11.6. The van der Waals surface area contributed by atoms with E-state index in [9.17, 15) is 23.1 Å². The van der Waals surface area contributed by atoms with Crippen LogP contribution in [0.25, 0.3) is 28.2 Å². The molecule has 0 aliphatic rings. The smallest absolute Gasteiger partial charge is 0.478 e. The molecule has 0 saturated heterocycles. The summed E-state index contributed by atoms with van der Waals surface area (Å²) < 4.78 is 42.8. The van der Waals surface area contributed by atoms with Crippen LogP contribution in [0.5, 0.6) is 5.75 Å². The van der Waals surface area contributed by atoms with Crippen LogP contribution in [0.4, 0.5) is 13.2 Å². The average molecular weight is 427 g/mol. The van der Waals surface area contributed by atoms with Gasteiger partial charge < -0.3 is 9.84 Å². The summed E-state index contributed by atoms with van der Waals surface area (Å²) in [6.45, 7) is 1.87. The van der Waals surface area contributed by atoms with Gasteiger partial charge in [0, 0.05) is 11.8 Å². The van der Waals surface area contributed by atoms with Gasteiger partial charge in [-0.3, -0.25) is 4.40 Å². The number of ether oxygens (including phenoxy) is 1. The number of rotatable bonds is 5. The molecule has 0 unspecified atom stereocenters. The van der Waals surface area contributed by atoms with Crippen LogP contribution in [0.2, 0.25) is 0 Å². The molecule has 6 nitrogen and oxygen atoms in total. The van der Waals surface area contributed by atoms with Gasteiger partial charge in [0.15, 0.2) is 11.5 Å². The number of aromatic nitrogens is 3. The maximum Gasteiger partial charge on any atom is 0.573 e. The molecule has 0 atom stereocenters. The topological polar surface area (TPSA) is 76.7 Å². The number of alkyl halides is 3. The molecule has 0 aliphatic heterocycles. The van der Waals surface area contributed by atoms with E-state index in [0.29, 0.717) is 34.6 Å². The predicted octanol–water partition coefficient (Wildman–Crippen LogP) is 5.22. The van der Waals surface area contributed by atoms with Gasteiger partial charge in [-0.15, -0.1) is 23.4 Å². The number of fused-ring (bicyclic) bond motifs is 1. The van der Waals surface area contributed by atoms with Crippen molar-refractivity contribution >= 4 is 11.6 Å². The SMILES string of the molecule is CCc1c(C(=O)O)cccc1-c1nnc2ccc(-c3ccc(OC(F)(F)F)cc3)cn12. The summed E-state index contributed by atoms with van der Waals surface area (Å²) in [5, 5.41) is 17.9. The van der Waals surface area contributed by atoms with Gasteiger partial charge in [-0.1, -0.05) is 31.2 Å². The van der Waals surface area contributed by atoms with Crippen molar-refractivity contribution in [3.63, 3.8) is 0 Å². The number of pyridine rings is 1. The Hall–Kier alpha value is -3.88. The molecule has 158 valence electrons. The van der Waals surface area contributed by atoms with Gasteiger partial charge in [-0.05, 0) is 53.4 Å². The number of carboxylic acid groups (broad SMARTS) is 1. The van der Waals surface area contributed by atoms with Gasteiger partial charge in [-0.2, -0.15) is 0 Å². The standard InChI is InChI=1S/C22H16F3N3O3/c1-2-16-17(4-3-5-18(16)21(29)30)20-27-26-19-11-8-14(12-28(19)20)13-6-9-15(10-7-13)31-22(23,24)25/h3-12H,2H2,1H3,(H,29,30). The third-order valence-corrected chi connectivity index (χ3v) is 4.82. The number of nitrogens with zero attached hydrogens (tertiary/aromatic N) is 3. The Labute approximate surface area is 174 Å². The summed E-state index contributed by atoms with van der Waals surface area (Å²) in [6, 6.07) is 14.0. The van der Waals surface area contributed by atoms with Crippen LogP contribution in [-0.2, 0) is 6.42 Å². The highest BCUT2D eigenvalue weighted by Gasteiger charge is 2.31. The zero-order chi connectivity index (χ0) is 22.2. The molecule has 0 bridgehead atoms. The van der Waals surface area contributed by atoms with Gasteiger partial charge in [0.05, 0.1) is 5.56 Å². The third kappa shape index (κ3) is 4.07. The van der Waals surface area contributed by atoms with E-state index in [1.807, 2.05) is 6.92 Å². The summed E-state index contributed by atoms with van der Waals surface area (Å²) >= 11 is 0. The maximum atomic E-state index is 12.4. The molecule has 0 saturated carbocycles. The minimum atomic E-state index is -4.75. The van der Waals surface area contributed by atoms with Gasteiger partial charge in [-0.25, -0.2) is 4.79 Å². The molecular formula is C22H16F3N3O3. The van der Waals surface area contributed by atoms with E-state index in [4.69, 9.17) is 0 Å². The van der Waals surface area contributed by atoms with Crippen LogP contribution in [0, 0.1) is 0 Å². The molecule has 4 rings (SSSR count). The zero-order valence-corrected chi connectivity index (χ0v) is 16.2. The highest BCUT2D eigenvalue weighted by molar-refractivity contribution is 5.91. The lowest BCUT2D eigenvalue weighted by Crippen LogP contribution is -2.16. The molecule has 2 aromatic carbocycles. The Morgan fingerprint density at radius 1 is 1.03 bits per heavy atom. The van der Waals surface area contributed by atoms with Crippen molar-refractivity contribution in [2.75, 3.05) is 0 Å². The van der Waals surface area contributed by atoms with Crippen LogP contribution in [-0.4, -0.2) is 32.0 Å². The number of halogens is 3. The normalized spacial score (nSPS) is 11.6. The molecule has 0 aliphatic carbocycles. The summed E-state index contributed by atoms with van der Waals surface area (Å²) in [5.41, 5.74) is 3.45. The largest absolute Gasteiger partial charge is 0.573 e. The number of carbonyl (C=O) groups is 1. The van der Waals surface area contributed by atoms with Crippen LogP contribution >= 0.6 is 0 Å². The van der Waals surface area contributed by atoms with E-state index in [1.165, 1.54) is 24.3 Å². The second-order valence-corrected chi connectivity index (χ2v) is 6.73. The lowest BCUT2D eigenvalue weighted by molar-refractivity contribution is -0.274. The van der Waals surface area contributed by atoms with Gasteiger partial charge in [0.2, 0.25) is 0 Å². The molecule has 2 heterocycles. The quantitative estimate of drug-likeness (QED) is 0.472. The van der Waals surface area contributed by atoms with Crippen molar-refractivity contribution in [3.05, 3.63) is 71.9 Å². The van der Waals surface area contributed by atoms with Crippen LogP contribution in [0.15, 0.2) is 60.8 Å². The molecule has 31 heavy (non-hydrogen) atoms. The van der Waals surface area contributed by atoms with E-state index >= 15 is 0 Å². The van der Waals surface area contributed by atoms with E-state index in [1.54, 1.807) is 40.9 Å². The summed E-state index contributed by atoms with van der Waals surface area (Å²) in [7, 11) is 0. The molecule has 0 spiro atoms. The number of aromatic carboxylic acids is 1. The Morgan fingerprint density at radius 2 is 1.74 bits per heavy atom. The van der Waals surface area contributed by atoms with Crippen LogP contribution in [0.3, 0.4) is 0 Å². The number of hydrogen-bond acceptors (Lipinski definition) is 4. The van der Waals surface area contributed by atoms with Crippen molar-refractivity contribution in [3.8, 4) is 28.3 Å². The minimum absolute atomic E-state index is 0.202. The van der Waals surface area contributed by atoms with Crippen LogP contribution < -0.4 is 4.74 Å². The van der Waals surface area contributed by atoms with Crippen molar-refractivity contribution < 1.29 is 27.8 Å². The third-order valence-electron chi connectivity index (χ3n) is 4.82. The molecule has 9 heteroatoms. The highest BCUT2D eigenvalue weighted by Crippen LogP contribution is 2.30. The first-order chi connectivity index (χ1) is 14.8. The Balaban J connectivity index is 1.78. The number of carboxylic acids is 1. The molecule has 0 fully saturated rings. The van der Waals surface area contributed by atoms with E-state index < -0.39 is 12.3 Å². The second kappa shape index (κ2) is 7.75. The highest BCUT2D eigenvalue weighted by atomic mass is 19.4. The number of benzene rings is 2. The van der Waals surface area contributed by atoms with E-state index in [-0.39, 0.29) is 11.3 Å². The lowest BCUT2D eigenvalue weighted by Gasteiger charge is -2.11. The lowest BCUT2D eigenvalue weighted by atomic mass is 9.98. The average Bonchev–Trinajstić information content (AvgIpc) is 3.15. The monoisotopic (exact) mass is 427 g/mol. The maximum absolute atomic E-state index is 12.4. The van der Waals surface area contributed by atoms with Crippen LogP contribution in [0.1, 0.15) is 22.8 Å². The van der Waals surface area contributed by atoms with Crippen molar-refractivity contribution in [2.24, 2.45) is 0 Å². The molecule has 2 aromatic heterocycles. The Kier molecular flexibility index (Phi) is 5.10.